The van der Waals surface area contributed by atoms with E-state index in [1.54, 1.807) is 0 Å². The van der Waals surface area contributed by atoms with Crippen LogP contribution in [0.25, 0.3) is 21.8 Å². The van der Waals surface area contributed by atoms with E-state index in [9.17, 15) is 0 Å². The molecule has 0 fully saturated rings. The molecule has 150 valence electrons. The highest BCUT2D eigenvalue weighted by atomic mass is 35.5. The maximum atomic E-state index is 6.23. The van der Waals surface area contributed by atoms with Crippen LogP contribution in [0.1, 0.15) is 48.2 Å². The van der Waals surface area contributed by atoms with Crippen LogP contribution in [-0.2, 0) is 12.8 Å². The second kappa shape index (κ2) is 7.00. The van der Waals surface area contributed by atoms with Crippen LogP contribution in [0.2, 0.25) is 10.0 Å². The van der Waals surface area contributed by atoms with Crippen LogP contribution >= 0.6 is 23.2 Å². The predicted octanol–water partition coefficient (Wildman–Crippen LogP) is 6.82. The third-order valence-electron chi connectivity index (χ3n) is 6.29. The van der Waals surface area contributed by atoms with Crippen molar-refractivity contribution in [1.29, 1.82) is 0 Å². The summed E-state index contributed by atoms with van der Waals surface area (Å²) < 4.78 is 0. The van der Waals surface area contributed by atoms with Gasteiger partial charge in [0.15, 0.2) is 0 Å². The Kier molecular flexibility index (Phi) is 4.25. The van der Waals surface area contributed by atoms with Crippen LogP contribution in [0.15, 0.2) is 46.6 Å². The van der Waals surface area contributed by atoms with Crippen molar-refractivity contribution in [2.24, 2.45) is 10.2 Å². The number of H-pyrrole nitrogens is 2. The Morgan fingerprint density at radius 1 is 0.633 bits per heavy atom. The zero-order valence-electron chi connectivity index (χ0n) is 16.4. The molecule has 0 bridgehead atoms. The van der Waals surface area contributed by atoms with Crippen molar-refractivity contribution in [1.82, 2.24) is 9.97 Å². The zero-order chi connectivity index (χ0) is 20.2. The molecule has 2 aromatic heterocycles. The van der Waals surface area contributed by atoms with Crippen molar-refractivity contribution in [2.75, 3.05) is 0 Å². The molecule has 0 atom stereocenters. The molecule has 0 spiro atoms. The lowest BCUT2D eigenvalue weighted by Gasteiger charge is -2.15. The average molecular weight is 435 g/mol. The molecule has 4 aromatic rings. The highest BCUT2D eigenvalue weighted by Gasteiger charge is 2.23. The molecule has 0 amide bonds. The molecule has 2 N–H and O–H groups in total. The van der Waals surface area contributed by atoms with Crippen molar-refractivity contribution in [3.63, 3.8) is 0 Å². The molecule has 2 aliphatic rings. The molecule has 0 saturated heterocycles. The number of fused-ring (bicyclic) bond motifs is 6. The van der Waals surface area contributed by atoms with E-state index in [4.69, 9.17) is 33.4 Å². The minimum Gasteiger partial charge on any atom is -0.353 e. The quantitative estimate of drug-likeness (QED) is 0.308. The molecular formula is C24H20Cl2N4. The molecule has 2 heterocycles. The van der Waals surface area contributed by atoms with E-state index >= 15 is 0 Å². The van der Waals surface area contributed by atoms with Crippen LogP contribution in [-0.4, -0.2) is 21.4 Å². The second-order valence-electron chi connectivity index (χ2n) is 8.14. The summed E-state index contributed by atoms with van der Waals surface area (Å²) in [5, 5.41) is 13.4. The summed E-state index contributed by atoms with van der Waals surface area (Å²) in [4.78, 5) is 7.09. The molecular weight excluding hydrogens is 415 g/mol. The normalized spacial score (nSPS) is 19.0. The van der Waals surface area contributed by atoms with E-state index in [1.165, 1.54) is 21.9 Å². The smallest absolute Gasteiger partial charge is 0.0868 e. The van der Waals surface area contributed by atoms with Crippen LogP contribution in [0.4, 0.5) is 0 Å². The number of benzene rings is 2. The van der Waals surface area contributed by atoms with E-state index in [0.29, 0.717) is 0 Å². The van der Waals surface area contributed by atoms with Gasteiger partial charge in [0.1, 0.15) is 0 Å². The van der Waals surface area contributed by atoms with Crippen molar-refractivity contribution >= 4 is 56.4 Å². The summed E-state index contributed by atoms with van der Waals surface area (Å²) in [6.07, 6.45) is 6.09. The number of aromatic amines is 2. The van der Waals surface area contributed by atoms with Crippen LogP contribution in [0, 0.1) is 0 Å². The zero-order valence-corrected chi connectivity index (χ0v) is 17.9. The Balaban J connectivity index is 1.44. The first-order valence-corrected chi connectivity index (χ1v) is 11.2. The fourth-order valence-electron chi connectivity index (χ4n) is 4.89. The first-order chi connectivity index (χ1) is 14.7. The number of hydrogen-bond acceptors (Lipinski definition) is 2. The fourth-order valence-corrected chi connectivity index (χ4v) is 5.23. The van der Waals surface area contributed by atoms with Crippen molar-refractivity contribution in [3.05, 3.63) is 69.0 Å². The van der Waals surface area contributed by atoms with Gasteiger partial charge in [-0.3, -0.25) is 0 Å². The number of nitrogens with one attached hydrogen (secondary N) is 2. The van der Waals surface area contributed by atoms with E-state index in [-0.39, 0.29) is 0 Å². The lowest BCUT2D eigenvalue weighted by atomic mass is 9.94. The topological polar surface area (TPSA) is 56.3 Å². The van der Waals surface area contributed by atoms with E-state index in [1.807, 2.05) is 36.4 Å². The van der Waals surface area contributed by atoms with Gasteiger partial charge >= 0.3 is 0 Å². The third-order valence-corrected chi connectivity index (χ3v) is 6.76. The Morgan fingerprint density at radius 3 is 1.57 bits per heavy atom. The molecule has 2 aliphatic carbocycles. The lowest BCUT2D eigenvalue weighted by molar-refractivity contribution is 0.827. The molecule has 2 aromatic carbocycles. The van der Waals surface area contributed by atoms with Gasteiger partial charge < -0.3 is 9.97 Å². The summed E-state index contributed by atoms with van der Waals surface area (Å²) in [5.74, 6) is 0. The largest absolute Gasteiger partial charge is 0.353 e. The summed E-state index contributed by atoms with van der Waals surface area (Å²) in [6, 6.07) is 12.0. The minimum absolute atomic E-state index is 0.766. The van der Waals surface area contributed by atoms with E-state index in [2.05, 4.69) is 9.97 Å². The molecule has 30 heavy (non-hydrogen) atoms. The maximum Gasteiger partial charge on any atom is 0.0868 e. The summed E-state index contributed by atoms with van der Waals surface area (Å²) >= 11 is 12.5. The van der Waals surface area contributed by atoms with Crippen molar-refractivity contribution in [3.8, 4) is 0 Å². The van der Waals surface area contributed by atoms with Crippen LogP contribution in [0.3, 0.4) is 0 Å². The van der Waals surface area contributed by atoms with Crippen molar-refractivity contribution in [2.45, 2.75) is 38.5 Å². The van der Waals surface area contributed by atoms with Gasteiger partial charge in [0, 0.05) is 31.9 Å². The fraction of sp³-hybridized carbons (Fsp3) is 0.250. The number of rotatable bonds is 1. The highest BCUT2D eigenvalue weighted by molar-refractivity contribution is 6.31. The monoisotopic (exact) mass is 434 g/mol. The Hall–Kier alpha value is -2.56. The Morgan fingerprint density at radius 2 is 1.10 bits per heavy atom. The first-order valence-electron chi connectivity index (χ1n) is 10.4. The average Bonchev–Trinajstić information content (AvgIpc) is 3.31. The molecule has 4 nitrogen and oxygen atoms in total. The van der Waals surface area contributed by atoms with Crippen LogP contribution in [0.5, 0.6) is 0 Å². The summed E-state index contributed by atoms with van der Waals surface area (Å²) in [7, 11) is 0. The number of hydrogen-bond donors (Lipinski definition) is 2. The first kappa shape index (κ1) is 18.2. The Labute approximate surface area is 184 Å². The van der Waals surface area contributed by atoms with Gasteiger partial charge in [-0.2, -0.15) is 10.2 Å². The molecule has 0 radical (unpaired) electrons. The summed E-state index contributed by atoms with van der Waals surface area (Å²) in [5.41, 5.74) is 9.12. The molecule has 0 saturated carbocycles. The van der Waals surface area contributed by atoms with Gasteiger partial charge in [0.2, 0.25) is 0 Å². The minimum atomic E-state index is 0.766. The van der Waals surface area contributed by atoms with E-state index in [0.717, 1.165) is 82.4 Å². The Bertz CT molecular complexity index is 1270. The molecule has 0 aliphatic heterocycles. The van der Waals surface area contributed by atoms with Gasteiger partial charge in [0.05, 0.1) is 22.8 Å². The number of nitrogens with zero attached hydrogens (tertiary/aromatic N) is 2. The number of halogens is 2. The molecule has 6 rings (SSSR count). The number of aryl methyl sites for hydroxylation is 2. The van der Waals surface area contributed by atoms with Gasteiger partial charge in [-0.1, -0.05) is 23.2 Å². The van der Waals surface area contributed by atoms with Crippen molar-refractivity contribution < 1.29 is 0 Å². The van der Waals surface area contributed by atoms with Gasteiger partial charge in [0.25, 0.3) is 0 Å². The highest BCUT2D eigenvalue weighted by Crippen LogP contribution is 2.33. The standard InChI is InChI=1S/C24H20Cl2N4/c25-13-7-9-19-17(11-13)15-3-1-5-21(23(15)27-19)29-30-22-6-2-4-16-18-12-14(26)8-10-20(18)28-24(16)22/h7-12,27-28H,1-6H2/b29-21+,30-22+. The summed E-state index contributed by atoms with van der Waals surface area (Å²) in [6.45, 7) is 0. The number of aromatic nitrogens is 2. The molecule has 6 heteroatoms. The van der Waals surface area contributed by atoms with Gasteiger partial charge in [-0.25, -0.2) is 0 Å². The second-order valence-corrected chi connectivity index (χ2v) is 9.01. The van der Waals surface area contributed by atoms with Gasteiger partial charge in [-0.05, 0) is 86.1 Å². The lowest BCUT2D eigenvalue weighted by Crippen LogP contribution is -2.13. The van der Waals surface area contributed by atoms with Crippen LogP contribution < -0.4 is 0 Å². The molecule has 0 unspecified atom stereocenters. The van der Waals surface area contributed by atoms with Gasteiger partial charge in [-0.15, -0.1) is 0 Å². The third kappa shape index (κ3) is 2.90. The van der Waals surface area contributed by atoms with E-state index < -0.39 is 0 Å². The maximum absolute atomic E-state index is 6.23. The SMILES string of the molecule is Clc1ccc2[nH]c3c(c2c1)CCC/C3=N\N=C1/CCCc2c1[nH]c1ccc(Cl)cc21. The predicted molar refractivity (Wildman–Crippen MR) is 126 cm³/mol.